The van der Waals surface area contributed by atoms with E-state index in [1.165, 1.54) is 11.8 Å². The number of benzene rings is 3. The van der Waals surface area contributed by atoms with Crippen LogP contribution in [0.3, 0.4) is 0 Å². The Bertz CT molecular complexity index is 1260. The van der Waals surface area contributed by atoms with Gasteiger partial charge >= 0.3 is 0 Å². The lowest BCUT2D eigenvalue weighted by atomic mass is 10.1. The monoisotopic (exact) mass is 422 g/mol. The number of carbonyl (C=O) groups is 1. The lowest BCUT2D eigenvalue weighted by Gasteiger charge is -2.15. The molecule has 150 valence electrons. The fraction of sp³-hybridized carbons (Fsp3) is 0. The Morgan fingerprint density at radius 1 is 0.871 bits per heavy atom. The molecule has 0 unspecified atom stereocenters. The lowest BCUT2D eigenvalue weighted by Crippen LogP contribution is -2.28. The average Bonchev–Trinajstić information content (AvgIpc) is 3.40. The number of rotatable bonds is 4. The van der Waals surface area contributed by atoms with Crippen molar-refractivity contribution in [1.29, 1.82) is 0 Å². The maximum atomic E-state index is 13.4. The van der Waals surface area contributed by atoms with Crippen LogP contribution in [0.4, 0.5) is 11.4 Å². The van der Waals surface area contributed by atoms with Crippen molar-refractivity contribution in [1.82, 2.24) is 10.2 Å². The summed E-state index contributed by atoms with van der Waals surface area (Å²) < 4.78 is 0. The smallest absolute Gasteiger partial charge is 0.271 e. The van der Waals surface area contributed by atoms with Crippen molar-refractivity contribution >= 4 is 40.3 Å². The first kappa shape index (κ1) is 19.1. The number of nitrogens with zero attached hydrogens (tertiary/aromatic N) is 3. The molecule has 0 radical (unpaired) electrons. The third-order valence-electron chi connectivity index (χ3n) is 4.82. The summed E-state index contributed by atoms with van der Waals surface area (Å²) in [5.41, 5.74) is 4.33. The summed E-state index contributed by atoms with van der Waals surface area (Å²) >= 11 is 1.36. The summed E-state index contributed by atoms with van der Waals surface area (Å²) in [7, 11) is 0. The van der Waals surface area contributed by atoms with E-state index >= 15 is 0 Å². The highest BCUT2D eigenvalue weighted by atomic mass is 32.2. The molecule has 0 saturated carbocycles. The molecule has 3 aromatic carbocycles. The number of aromatic amines is 1. The molecule has 1 saturated heterocycles. The van der Waals surface area contributed by atoms with Gasteiger partial charge < -0.3 is 0 Å². The normalized spacial score (nSPS) is 16.4. The van der Waals surface area contributed by atoms with Crippen LogP contribution in [0.15, 0.2) is 107 Å². The van der Waals surface area contributed by atoms with Gasteiger partial charge in [0.1, 0.15) is 0 Å². The van der Waals surface area contributed by atoms with E-state index in [1.807, 2.05) is 97.1 Å². The number of anilines is 1. The molecule has 31 heavy (non-hydrogen) atoms. The van der Waals surface area contributed by atoms with Crippen LogP contribution in [-0.4, -0.2) is 21.3 Å². The zero-order valence-corrected chi connectivity index (χ0v) is 17.3. The summed E-state index contributed by atoms with van der Waals surface area (Å²) in [5.74, 6) is -0.105. The molecule has 1 aromatic heterocycles. The SMILES string of the molecule is O=C1C(=Cc2cn[nH]c2-c2ccccc2)SC(=Nc2ccccc2)N1c1ccccc1. The fourth-order valence-electron chi connectivity index (χ4n) is 3.35. The second-order valence-corrected chi connectivity index (χ2v) is 7.89. The Morgan fingerprint density at radius 2 is 1.52 bits per heavy atom. The van der Waals surface area contributed by atoms with E-state index in [2.05, 4.69) is 10.2 Å². The average molecular weight is 423 g/mol. The molecule has 5 rings (SSSR count). The highest BCUT2D eigenvalue weighted by molar-refractivity contribution is 8.19. The molecule has 0 spiro atoms. The summed E-state index contributed by atoms with van der Waals surface area (Å²) in [6.45, 7) is 0. The van der Waals surface area contributed by atoms with Crippen molar-refractivity contribution in [2.24, 2.45) is 4.99 Å². The van der Waals surface area contributed by atoms with Crippen molar-refractivity contribution < 1.29 is 4.79 Å². The Kier molecular flexibility index (Phi) is 5.21. The quantitative estimate of drug-likeness (QED) is 0.418. The van der Waals surface area contributed by atoms with Crippen molar-refractivity contribution in [2.75, 3.05) is 4.90 Å². The van der Waals surface area contributed by atoms with Gasteiger partial charge in [-0.05, 0) is 42.1 Å². The molecule has 1 amide bonds. The molecule has 5 nitrogen and oxygen atoms in total. The van der Waals surface area contributed by atoms with E-state index in [1.54, 1.807) is 11.1 Å². The van der Waals surface area contributed by atoms with Crippen molar-refractivity contribution in [3.63, 3.8) is 0 Å². The van der Waals surface area contributed by atoms with Gasteiger partial charge in [0.15, 0.2) is 5.17 Å². The van der Waals surface area contributed by atoms with Crippen LogP contribution in [0.25, 0.3) is 17.3 Å². The first-order valence-corrected chi connectivity index (χ1v) is 10.6. The number of amides is 1. The lowest BCUT2D eigenvalue weighted by molar-refractivity contribution is -0.113. The van der Waals surface area contributed by atoms with Crippen molar-refractivity contribution in [2.45, 2.75) is 0 Å². The van der Waals surface area contributed by atoms with Gasteiger partial charge in [0.2, 0.25) is 0 Å². The molecule has 1 aliphatic rings. The van der Waals surface area contributed by atoms with Crippen LogP contribution in [-0.2, 0) is 4.79 Å². The van der Waals surface area contributed by atoms with E-state index in [-0.39, 0.29) is 5.91 Å². The molecule has 4 aromatic rings. The minimum atomic E-state index is -0.105. The van der Waals surface area contributed by atoms with Crippen LogP contribution in [0.1, 0.15) is 5.56 Å². The predicted molar refractivity (Wildman–Crippen MR) is 127 cm³/mol. The fourth-order valence-corrected chi connectivity index (χ4v) is 4.34. The maximum absolute atomic E-state index is 13.4. The molecular weight excluding hydrogens is 404 g/mol. The molecule has 2 heterocycles. The van der Waals surface area contributed by atoms with E-state index in [9.17, 15) is 4.79 Å². The van der Waals surface area contributed by atoms with Crippen LogP contribution >= 0.6 is 11.8 Å². The number of para-hydroxylation sites is 2. The molecule has 0 aliphatic carbocycles. The van der Waals surface area contributed by atoms with Gasteiger partial charge in [-0.3, -0.25) is 14.8 Å². The standard InChI is InChI=1S/C25H18N4OS/c30-24-22(16-19-17-26-28-23(19)18-10-4-1-5-11-18)31-25(27-20-12-6-2-7-13-20)29(24)21-14-8-3-9-15-21/h1-17H,(H,26,28). The highest BCUT2D eigenvalue weighted by Crippen LogP contribution is 2.38. The van der Waals surface area contributed by atoms with E-state index in [0.717, 1.165) is 28.2 Å². The molecule has 0 atom stereocenters. The predicted octanol–water partition coefficient (Wildman–Crippen LogP) is 5.89. The molecule has 1 fully saturated rings. The minimum Gasteiger partial charge on any atom is -0.277 e. The minimum absolute atomic E-state index is 0.105. The number of hydrogen-bond donors (Lipinski definition) is 1. The highest BCUT2D eigenvalue weighted by Gasteiger charge is 2.35. The van der Waals surface area contributed by atoms with Crippen molar-refractivity contribution in [3.8, 4) is 11.3 Å². The van der Waals surface area contributed by atoms with Gasteiger partial charge in [0.25, 0.3) is 5.91 Å². The number of amidine groups is 1. The molecule has 0 bridgehead atoms. The summed E-state index contributed by atoms with van der Waals surface area (Å²) in [6, 6.07) is 29.2. The van der Waals surface area contributed by atoms with Crippen LogP contribution in [0.2, 0.25) is 0 Å². The number of aliphatic imine (C=N–C) groups is 1. The van der Waals surface area contributed by atoms with Gasteiger partial charge in [0.05, 0.1) is 28.2 Å². The summed E-state index contributed by atoms with van der Waals surface area (Å²) in [6.07, 6.45) is 3.62. The van der Waals surface area contributed by atoms with Gasteiger partial charge in [-0.1, -0.05) is 66.7 Å². The number of aromatic nitrogens is 2. The Labute approximate surface area is 184 Å². The second kappa shape index (κ2) is 8.45. The topological polar surface area (TPSA) is 61.4 Å². The number of carbonyl (C=O) groups excluding carboxylic acids is 1. The molecular formula is C25H18N4OS. The van der Waals surface area contributed by atoms with E-state index in [4.69, 9.17) is 4.99 Å². The van der Waals surface area contributed by atoms with E-state index in [0.29, 0.717) is 10.1 Å². The first-order valence-electron chi connectivity index (χ1n) is 9.81. The molecule has 1 aliphatic heterocycles. The zero-order valence-electron chi connectivity index (χ0n) is 16.5. The van der Waals surface area contributed by atoms with Gasteiger partial charge in [-0.15, -0.1) is 0 Å². The summed E-state index contributed by atoms with van der Waals surface area (Å²) in [5, 5.41) is 7.86. The van der Waals surface area contributed by atoms with Crippen LogP contribution < -0.4 is 4.90 Å². The van der Waals surface area contributed by atoms with Gasteiger partial charge in [-0.2, -0.15) is 5.10 Å². The van der Waals surface area contributed by atoms with Crippen molar-refractivity contribution in [3.05, 3.63) is 108 Å². The third-order valence-corrected chi connectivity index (χ3v) is 5.79. The van der Waals surface area contributed by atoms with Gasteiger partial charge in [0, 0.05) is 11.1 Å². The number of hydrogen-bond acceptors (Lipinski definition) is 4. The maximum Gasteiger partial charge on any atom is 0.271 e. The number of nitrogens with one attached hydrogen (secondary N) is 1. The first-order chi connectivity index (χ1) is 15.3. The Hall–Kier alpha value is -3.90. The van der Waals surface area contributed by atoms with Crippen LogP contribution in [0, 0.1) is 0 Å². The van der Waals surface area contributed by atoms with Crippen LogP contribution in [0.5, 0.6) is 0 Å². The Balaban J connectivity index is 1.57. The van der Waals surface area contributed by atoms with Gasteiger partial charge in [-0.25, -0.2) is 4.99 Å². The summed E-state index contributed by atoms with van der Waals surface area (Å²) in [4.78, 5) is 20.4. The third kappa shape index (κ3) is 3.93. The Morgan fingerprint density at radius 3 is 2.23 bits per heavy atom. The second-order valence-electron chi connectivity index (χ2n) is 6.88. The zero-order chi connectivity index (χ0) is 21.0. The number of H-pyrrole nitrogens is 1. The molecule has 1 N–H and O–H groups in total. The van der Waals surface area contributed by atoms with E-state index < -0.39 is 0 Å². The molecule has 6 heteroatoms. The largest absolute Gasteiger partial charge is 0.277 e. The number of thioether (sulfide) groups is 1.